The van der Waals surface area contributed by atoms with E-state index in [9.17, 15) is 4.79 Å². The van der Waals surface area contributed by atoms with Crippen molar-refractivity contribution in [2.24, 2.45) is 4.99 Å². The molecule has 2 nitrogen and oxygen atoms in total. The molecule has 0 aromatic heterocycles. The van der Waals surface area contributed by atoms with Crippen molar-refractivity contribution in [3.63, 3.8) is 0 Å². The van der Waals surface area contributed by atoms with Gasteiger partial charge in [-0.3, -0.25) is 9.79 Å². The summed E-state index contributed by atoms with van der Waals surface area (Å²) < 4.78 is 0. The average molecular weight is 245 g/mol. The molecule has 0 spiro atoms. The number of rotatable bonds is 7. The van der Waals surface area contributed by atoms with Crippen molar-refractivity contribution in [1.29, 1.82) is 0 Å². The Bertz CT molecular complexity index is 225. The van der Waals surface area contributed by atoms with Crippen molar-refractivity contribution in [2.45, 2.75) is 27.2 Å². The van der Waals surface area contributed by atoms with Crippen molar-refractivity contribution in [1.82, 2.24) is 0 Å². The summed E-state index contributed by atoms with van der Waals surface area (Å²) in [5.41, 5.74) is 0. The summed E-state index contributed by atoms with van der Waals surface area (Å²) in [7, 11) is 3.11. The summed E-state index contributed by atoms with van der Waals surface area (Å²) in [5, 5.41) is 0.823. The highest BCUT2D eigenvalue weighted by Crippen LogP contribution is 2.30. The lowest BCUT2D eigenvalue weighted by Crippen LogP contribution is -1.89. The van der Waals surface area contributed by atoms with E-state index in [0.717, 1.165) is 10.8 Å². The molecule has 0 rings (SSSR count). The fourth-order valence-electron chi connectivity index (χ4n) is 0.495. The lowest BCUT2D eigenvalue weighted by Gasteiger charge is -1.98. The van der Waals surface area contributed by atoms with Gasteiger partial charge in [-0.1, -0.05) is 37.3 Å². The van der Waals surface area contributed by atoms with Crippen LogP contribution in [0.1, 0.15) is 27.2 Å². The van der Waals surface area contributed by atoms with E-state index in [4.69, 9.17) is 0 Å². The standard InChI is InChI=1S/C9H13NOS2.C2H6/c1-4-5-9(10-3)13-12-7-6-8(2)11;1-2/h4-5H,1,3,6-7H2,2H3;1-2H3/b9-5+;. The van der Waals surface area contributed by atoms with Crippen LogP contribution >= 0.6 is 21.6 Å². The van der Waals surface area contributed by atoms with Gasteiger partial charge in [0, 0.05) is 12.2 Å². The number of carbonyl (C=O) groups excluding carboxylic acids is 1. The normalized spacial score (nSPS) is 9.93. The molecule has 4 heteroatoms. The Kier molecular flexibility index (Phi) is 15.3. The second kappa shape index (κ2) is 13.5. The van der Waals surface area contributed by atoms with Crippen LogP contribution in [-0.2, 0) is 4.79 Å². The van der Waals surface area contributed by atoms with Gasteiger partial charge in [-0.2, -0.15) is 0 Å². The van der Waals surface area contributed by atoms with Crippen molar-refractivity contribution >= 4 is 34.1 Å². The van der Waals surface area contributed by atoms with E-state index >= 15 is 0 Å². The Balaban J connectivity index is 0. The number of hydrogen-bond acceptors (Lipinski definition) is 4. The molecule has 15 heavy (non-hydrogen) atoms. The first-order valence-electron chi connectivity index (χ1n) is 4.79. The zero-order valence-electron chi connectivity index (χ0n) is 9.66. The van der Waals surface area contributed by atoms with Crippen molar-refractivity contribution in [3.8, 4) is 0 Å². The molecule has 0 N–H and O–H groups in total. The van der Waals surface area contributed by atoms with Gasteiger partial charge in [0.05, 0.1) is 0 Å². The molecule has 0 fully saturated rings. The van der Waals surface area contributed by atoms with E-state index in [-0.39, 0.29) is 5.78 Å². The minimum Gasteiger partial charge on any atom is -0.300 e. The van der Waals surface area contributed by atoms with Crippen molar-refractivity contribution in [3.05, 3.63) is 23.8 Å². The number of aliphatic imine (C=N–C) groups is 1. The zero-order valence-corrected chi connectivity index (χ0v) is 11.3. The Morgan fingerprint density at radius 2 is 2.07 bits per heavy atom. The Hall–Kier alpha value is -0.480. The summed E-state index contributed by atoms with van der Waals surface area (Å²) in [6.45, 7) is 12.6. The molecular formula is C11H19NOS2. The van der Waals surface area contributed by atoms with Gasteiger partial charge in [-0.05, 0) is 30.5 Å². The van der Waals surface area contributed by atoms with Crippen LogP contribution in [0, 0.1) is 0 Å². The maximum atomic E-state index is 10.6. The van der Waals surface area contributed by atoms with Crippen molar-refractivity contribution in [2.75, 3.05) is 5.75 Å². The minimum atomic E-state index is 0.217. The largest absolute Gasteiger partial charge is 0.300 e. The zero-order chi connectivity index (χ0) is 12.1. The lowest BCUT2D eigenvalue weighted by atomic mass is 10.4. The maximum Gasteiger partial charge on any atom is 0.130 e. The fourth-order valence-corrected chi connectivity index (χ4v) is 2.46. The summed E-state index contributed by atoms with van der Waals surface area (Å²) in [6, 6.07) is 0. The minimum absolute atomic E-state index is 0.217. The van der Waals surface area contributed by atoms with Gasteiger partial charge in [-0.15, -0.1) is 0 Å². The van der Waals surface area contributed by atoms with Crippen LogP contribution in [-0.4, -0.2) is 18.3 Å². The molecule has 0 aliphatic carbocycles. The predicted molar refractivity (Wildman–Crippen MR) is 74.5 cm³/mol. The van der Waals surface area contributed by atoms with E-state index in [1.54, 1.807) is 29.9 Å². The molecule has 0 aliphatic rings. The molecule has 0 aromatic carbocycles. The molecule has 0 saturated carbocycles. The van der Waals surface area contributed by atoms with E-state index in [0.29, 0.717) is 6.42 Å². The fraction of sp³-hybridized carbons (Fsp3) is 0.455. The molecule has 0 aliphatic heterocycles. The van der Waals surface area contributed by atoms with Crippen LogP contribution < -0.4 is 0 Å². The Labute approximate surface area is 101 Å². The van der Waals surface area contributed by atoms with Crippen LogP contribution in [0.3, 0.4) is 0 Å². The number of carbonyl (C=O) groups is 1. The molecule has 0 radical (unpaired) electrons. The molecule has 86 valence electrons. The first-order valence-corrected chi connectivity index (χ1v) is 7.11. The SMILES string of the molecule is C=C/C=C(\N=C)SSCCC(C)=O.CC. The molecule has 0 atom stereocenters. The number of nitrogens with zero attached hydrogens (tertiary/aromatic N) is 1. The highest BCUT2D eigenvalue weighted by molar-refractivity contribution is 8.78. The highest BCUT2D eigenvalue weighted by Gasteiger charge is 1.96. The molecule has 0 unspecified atom stereocenters. The van der Waals surface area contributed by atoms with E-state index < -0.39 is 0 Å². The predicted octanol–water partition coefficient (Wildman–Crippen LogP) is 4.10. The van der Waals surface area contributed by atoms with Crippen LogP contribution in [0.15, 0.2) is 28.8 Å². The molecule has 0 saturated heterocycles. The molecular weight excluding hydrogens is 226 g/mol. The number of allylic oxidation sites excluding steroid dienone is 2. The van der Waals surface area contributed by atoms with Crippen LogP contribution in [0.5, 0.6) is 0 Å². The second-order valence-corrected chi connectivity index (χ2v) is 4.69. The molecule has 0 bridgehead atoms. The van der Waals surface area contributed by atoms with Gasteiger partial charge in [-0.25, -0.2) is 0 Å². The number of ketones is 1. The first kappa shape index (κ1) is 16.9. The molecule has 0 heterocycles. The maximum absolute atomic E-state index is 10.6. The lowest BCUT2D eigenvalue weighted by molar-refractivity contribution is -0.116. The van der Waals surface area contributed by atoms with Gasteiger partial charge in [0.15, 0.2) is 0 Å². The van der Waals surface area contributed by atoms with Gasteiger partial charge < -0.3 is 0 Å². The Morgan fingerprint density at radius 3 is 2.47 bits per heavy atom. The number of Topliss-reactive ketones (excluding diaryl/α,β-unsaturated/α-hetero) is 1. The quantitative estimate of drug-likeness (QED) is 0.293. The van der Waals surface area contributed by atoms with Gasteiger partial charge in [0.1, 0.15) is 10.8 Å². The van der Waals surface area contributed by atoms with Crippen LogP contribution in [0.25, 0.3) is 0 Å². The molecule has 0 amide bonds. The summed E-state index contributed by atoms with van der Waals surface area (Å²) in [5.74, 6) is 1.03. The third-order valence-electron chi connectivity index (χ3n) is 1.10. The van der Waals surface area contributed by atoms with Crippen LogP contribution in [0.4, 0.5) is 0 Å². The summed E-state index contributed by atoms with van der Waals surface area (Å²) in [4.78, 5) is 14.4. The molecule has 0 aromatic rings. The van der Waals surface area contributed by atoms with Crippen LogP contribution in [0.2, 0.25) is 0 Å². The second-order valence-electron chi connectivity index (χ2n) is 2.26. The topological polar surface area (TPSA) is 29.4 Å². The monoisotopic (exact) mass is 245 g/mol. The summed E-state index contributed by atoms with van der Waals surface area (Å²) in [6.07, 6.45) is 4.07. The average Bonchev–Trinajstić information content (AvgIpc) is 2.25. The first-order chi connectivity index (χ1) is 7.20. The third kappa shape index (κ3) is 13.5. The highest BCUT2D eigenvalue weighted by atomic mass is 33.1. The third-order valence-corrected chi connectivity index (χ3v) is 3.39. The van der Waals surface area contributed by atoms with E-state index in [2.05, 4.69) is 18.3 Å². The van der Waals surface area contributed by atoms with Gasteiger partial charge in [0.2, 0.25) is 0 Å². The van der Waals surface area contributed by atoms with E-state index in [1.165, 1.54) is 10.8 Å². The number of hydrogen-bond donors (Lipinski definition) is 0. The Morgan fingerprint density at radius 1 is 1.47 bits per heavy atom. The van der Waals surface area contributed by atoms with Gasteiger partial charge in [0.25, 0.3) is 0 Å². The van der Waals surface area contributed by atoms with E-state index in [1.807, 2.05) is 13.8 Å². The van der Waals surface area contributed by atoms with Crippen molar-refractivity contribution < 1.29 is 4.79 Å². The van der Waals surface area contributed by atoms with Gasteiger partial charge >= 0.3 is 0 Å². The smallest absolute Gasteiger partial charge is 0.130 e. The summed E-state index contributed by atoms with van der Waals surface area (Å²) >= 11 is 0.